The van der Waals surface area contributed by atoms with E-state index in [4.69, 9.17) is 4.74 Å². The van der Waals surface area contributed by atoms with Gasteiger partial charge in [0, 0.05) is 45.2 Å². The molecule has 2 heteroatoms. The number of allylic oxidation sites excluding steroid dienone is 5. The molecule has 7 aromatic rings. The van der Waals surface area contributed by atoms with E-state index in [1.807, 2.05) is 0 Å². The van der Waals surface area contributed by atoms with Gasteiger partial charge in [0.1, 0.15) is 11.9 Å². The summed E-state index contributed by atoms with van der Waals surface area (Å²) in [6.07, 6.45) is 16.4. The van der Waals surface area contributed by atoms with E-state index < -0.39 is 0 Å². The van der Waals surface area contributed by atoms with Crippen LogP contribution in [0.1, 0.15) is 144 Å². The van der Waals surface area contributed by atoms with Crippen LogP contribution in [0.4, 0.5) is 11.4 Å². The molecule has 6 aliphatic rings. The highest BCUT2D eigenvalue weighted by atomic mass is 16.5. The fourth-order valence-electron chi connectivity index (χ4n) is 13.9. The largest absolute Gasteiger partial charge is 0.485 e. The summed E-state index contributed by atoms with van der Waals surface area (Å²) in [5.74, 6) is 1.80. The average Bonchev–Trinajstić information content (AvgIpc) is 4.02. The monoisotopic (exact) mass is 938 g/mol. The molecule has 5 aliphatic carbocycles. The van der Waals surface area contributed by atoms with Gasteiger partial charge in [0.2, 0.25) is 0 Å². The summed E-state index contributed by atoms with van der Waals surface area (Å²) in [7, 11) is 0. The molecule has 1 aliphatic heterocycles. The zero-order valence-corrected chi connectivity index (χ0v) is 44.0. The molecule has 0 saturated heterocycles. The molecule has 13 rings (SSSR count). The molecule has 0 aromatic heterocycles. The lowest BCUT2D eigenvalue weighted by molar-refractivity contribution is 0.268. The van der Waals surface area contributed by atoms with Gasteiger partial charge in [-0.05, 0) is 162 Å². The maximum Gasteiger partial charge on any atom is 0.128 e. The third kappa shape index (κ3) is 6.39. The van der Waals surface area contributed by atoms with Crippen LogP contribution in [0.15, 0.2) is 188 Å². The summed E-state index contributed by atoms with van der Waals surface area (Å²) in [4.78, 5) is 2.57. The van der Waals surface area contributed by atoms with E-state index in [2.05, 4.69) is 263 Å². The second kappa shape index (κ2) is 15.3. The van der Waals surface area contributed by atoms with E-state index in [1.54, 1.807) is 0 Å². The summed E-state index contributed by atoms with van der Waals surface area (Å²) in [5.41, 5.74) is 24.5. The number of nitrogens with zero attached hydrogens (tertiary/aromatic N) is 1. The van der Waals surface area contributed by atoms with Crippen LogP contribution in [-0.2, 0) is 27.1 Å². The van der Waals surface area contributed by atoms with Crippen molar-refractivity contribution in [2.24, 2.45) is 5.92 Å². The van der Waals surface area contributed by atoms with Crippen molar-refractivity contribution in [1.29, 1.82) is 0 Å². The molecule has 0 fully saturated rings. The topological polar surface area (TPSA) is 12.5 Å². The van der Waals surface area contributed by atoms with Crippen molar-refractivity contribution in [3.63, 3.8) is 0 Å². The van der Waals surface area contributed by atoms with Gasteiger partial charge in [-0.1, -0.05) is 197 Å². The molecule has 358 valence electrons. The summed E-state index contributed by atoms with van der Waals surface area (Å²) in [6.45, 7) is 26.2. The highest BCUT2D eigenvalue weighted by Crippen LogP contribution is 2.60. The van der Waals surface area contributed by atoms with E-state index in [0.29, 0.717) is 11.8 Å². The Bertz CT molecular complexity index is 3560. The first-order valence-corrected chi connectivity index (χ1v) is 26.5. The quantitative estimate of drug-likeness (QED) is 0.171. The molecule has 0 amide bonds. The van der Waals surface area contributed by atoms with Crippen LogP contribution in [0, 0.1) is 5.92 Å². The predicted octanol–water partition coefficient (Wildman–Crippen LogP) is 17.8. The molecule has 7 aromatic carbocycles. The van der Waals surface area contributed by atoms with Gasteiger partial charge in [-0.2, -0.15) is 0 Å². The second-order valence-electron chi connectivity index (χ2n) is 25.0. The molecule has 0 saturated carbocycles. The lowest BCUT2D eigenvalue weighted by atomic mass is 9.71. The van der Waals surface area contributed by atoms with Crippen molar-refractivity contribution in [3.8, 4) is 39.1 Å². The molecule has 0 spiro atoms. The van der Waals surface area contributed by atoms with Gasteiger partial charge in [-0.15, -0.1) is 0 Å². The van der Waals surface area contributed by atoms with Crippen molar-refractivity contribution in [2.45, 2.75) is 121 Å². The average molecular weight is 938 g/mol. The Hall–Kier alpha value is -6.90. The van der Waals surface area contributed by atoms with E-state index in [9.17, 15) is 0 Å². The van der Waals surface area contributed by atoms with Gasteiger partial charge in [-0.3, -0.25) is 0 Å². The molecule has 5 unspecified atom stereocenters. The number of fused-ring (bicyclic) bond motifs is 12. The SMILES string of the molecule is CC(C)(C)c1ccc2c(c1)C(C)(c1ccccc1)c1cc(C(C)(C)C)cc(-c3ccc4c(c3)C3C=C(N(c5ccc6c(c5)C(C)(C)C5C=CC=CC65)c5cccc6c5-c5ccccc5C6(C)C)C=CC3O4)c1-2. The molecule has 0 bridgehead atoms. The number of hydrogen-bond donors (Lipinski definition) is 0. The fourth-order valence-corrected chi connectivity index (χ4v) is 13.9. The molecule has 1 heterocycles. The van der Waals surface area contributed by atoms with Crippen molar-refractivity contribution >= 4 is 11.4 Å². The fraction of sp³-hybridized carbons (Fsp3) is 0.286. The van der Waals surface area contributed by atoms with Gasteiger partial charge < -0.3 is 9.64 Å². The van der Waals surface area contributed by atoms with E-state index in [1.165, 1.54) is 106 Å². The van der Waals surface area contributed by atoms with Gasteiger partial charge in [0.15, 0.2) is 0 Å². The second-order valence-corrected chi connectivity index (χ2v) is 25.0. The van der Waals surface area contributed by atoms with Crippen molar-refractivity contribution < 1.29 is 4.74 Å². The Morgan fingerprint density at radius 1 is 0.514 bits per heavy atom. The molecule has 0 radical (unpaired) electrons. The molecule has 5 atom stereocenters. The number of rotatable bonds is 5. The summed E-state index contributed by atoms with van der Waals surface area (Å²) < 4.78 is 6.93. The number of benzene rings is 7. The Morgan fingerprint density at radius 3 is 2.03 bits per heavy atom. The van der Waals surface area contributed by atoms with Gasteiger partial charge >= 0.3 is 0 Å². The van der Waals surface area contributed by atoms with Crippen molar-refractivity contribution in [1.82, 2.24) is 0 Å². The minimum atomic E-state index is -0.338. The lowest BCUT2D eigenvalue weighted by Crippen LogP contribution is -2.26. The minimum absolute atomic E-state index is 0.0141. The third-order valence-corrected chi connectivity index (χ3v) is 18.1. The highest BCUT2D eigenvalue weighted by molar-refractivity contribution is 5.96. The Kier molecular flexibility index (Phi) is 9.57. The van der Waals surface area contributed by atoms with Crippen LogP contribution in [0.25, 0.3) is 33.4 Å². The molecule has 0 N–H and O–H groups in total. The van der Waals surface area contributed by atoms with Gasteiger partial charge in [0.05, 0.1) is 5.69 Å². The molecule has 2 nitrogen and oxygen atoms in total. The van der Waals surface area contributed by atoms with Crippen molar-refractivity contribution in [2.75, 3.05) is 4.90 Å². The third-order valence-electron chi connectivity index (χ3n) is 18.1. The first-order valence-electron chi connectivity index (χ1n) is 26.5. The van der Waals surface area contributed by atoms with Gasteiger partial charge in [-0.25, -0.2) is 0 Å². The zero-order chi connectivity index (χ0) is 49.9. The number of hydrogen-bond acceptors (Lipinski definition) is 2. The van der Waals surface area contributed by atoms with Crippen LogP contribution >= 0.6 is 0 Å². The van der Waals surface area contributed by atoms with E-state index in [0.717, 1.165) is 5.75 Å². The first-order chi connectivity index (χ1) is 34.3. The molecular formula is C70H67NO. The Balaban J connectivity index is 0.992. The number of ether oxygens (including phenoxy) is 1. The Morgan fingerprint density at radius 2 is 1.24 bits per heavy atom. The predicted molar refractivity (Wildman–Crippen MR) is 301 cm³/mol. The zero-order valence-electron chi connectivity index (χ0n) is 44.0. The Labute approximate surface area is 428 Å². The van der Waals surface area contributed by atoms with E-state index >= 15 is 0 Å². The van der Waals surface area contributed by atoms with Crippen LogP contribution in [0.2, 0.25) is 0 Å². The smallest absolute Gasteiger partial charge is 0.128 e. The van der Waals surface area contributed by atoms with Crippen LogP contribution < -0.4 is 9.64 Å². The summed E-state index contributed by atoms with van der Waals surface area (Å²) in [5, 5.41) is 0. The molecule has 72 heavy (non-hydrogen) atoms. The first kappa shape index (κ1) is 45.0. The van der Waals surface area contributed by atoms with Crippen molar-refractivity contribution in [3.05, 3.63) is 243 Å². The van der Waals surface area contributed by atoms with Crippen LogP contribution in [0.5, 0.6) is 5.75 Å². The number of anilines is 2. The minimum Gasteiger partial charge on any atom is -0.485 e. The van der Waals surface area contributed by atoms with Gasteiger partial charge in [0.25, 0.3) is 0 Å². The lowest BCUT2D eigenvalue weighted by Gasteiger charge is -2.33. The van der Waals surface area contributed by atoms with Crippen LogP contribution in [0.3, 0.4) is 0 Å². The normalized spacial score (nSPS) is 23.0. The highest BCUT2D eigenvalue weighted by Gasteiger charge is 2.47. The van der Waals surface area contributed by atoms with E-state index in [-0.39, 0.29) is 39.1 Å². The standard InChI is InChI=1S/C70H67NO/c1-66(2,3)44-29-32-51-59(38-44)70(11,43-20-13-12-14-21-43)60-39-45(67(4,5)6)37-52(64(51)60)42-28-34-62-53(36-42)54-40-46(31-35-63(54)72-62)71(47-30-33-49-48-22-15-17-24-55(48)69(9,10)58(49)41-47)61-27-19-26-57-65(61)50-23-16-18-25-56(50)68(57,7)8/h12-41,48,54-55,63H,1-11H3. The summed E-state index contributed by atoms with van der Waals surface area (Å²) in [6, 6.07) is 54.0. The molecular weight excluding hydrogens is 871 g/mol. The maximum atomic E-state index is 6.93. The van der Waals surface area contributed by atoms with Crippen LogP contribution in [-0.4, -0.2) is 6.10 Å². The summed E-state index contributed by atoms with van der Waals surface area (Å²) >= 11 is 0. The maximum absolute atomic E-state index is 6.93.